The van der Waals surface area contributed by atoms with Crippen LogP contribution in [0.4, 0.5) is 0 Å². The molecule has 0 aliphatic rings. The number of primary amides is 1. The van der Waals surface area contributed by atoms with Gasteiger partial charge in [-0.25, -0.2) is 0 Å². The first-order valence-electron chi connectivity index (χ1n) is 3.48. The van der Waals surface area contributed by atoms with Crippen molar-refractivity contribution < 1.29 is 19.8 Å². The van der Waals surface area contributed by atoms with E-state index in [1.54, 1.807) is 22.6 Å². The molecule has 0 saturated carbocycles. The number of aromatic hydroxyl groups is 2. The Morgan fingerprint density at radius 1 is 1.43 bits per heavy atom. The van der Waals surface area contributed by atoms with E-state index >= 15 is 0 Å². The number of phenolic OH excluding ortho intramolecular Hbond substituents is 1. The molecule has 4 N–H and O–H groups in total. The second-order valence-corrected chi connectivity index (χ2v) is 3.66. The molecule has 0 radical (unpaired) electrons. The van der Waals surface area contributed by atoms with Crippen molar-refractivity contribution in [1.82, 2.24) is 0 Å². The zero-order chi connectivity index (χ0) is 10.9. The van der Waals surface area contributed by atoms with Crippen LogP contribution in [-0.2, 0) is 0 Å². The van der Waals surface area contributed by atoms with Gasteiger partial charge in [0, 0.05) is 3.57 Å². The zero-order valence-electron chi connectivity index (χ0n) is 6.82. The summed E-state index contributed by atoms with van der Waals surface area (Å²) < 4.78 is 0.313. The molecule has 0 aliphatic carbocycles. The molecule has 1 aromatic carbocycles. The number of aldehydes is 1. The first-order chi connectivity index (χ1) is 6.49. The van der Waals surface area contributed by atoms with Gasteiger partial charge in [-0.2, -0.15) is 0 Å². The van der Waals surface area contributed by atoms with E-state index in [1.807, 2.05) is 0 Å². The van der Waals surface area contributed by atoms with Gasteiger partial charge in [0.15, 0.2) is 17.8 Å². The SMILES string of the molecule is NC(=O)c1c(I)cc(C=O)c(O)c1O. The van der Waals surface area contributed by atoms with Crippen LogP contribution in [0.5, 0.6) is 11.5 Å². The van der Waals surface area contributed by atoms with Gasteiger partial charge in [-0.05, 0) is 28.7 Å². The number of carbonyl (C=O) groups excluding carboxylic acids is 2. The minimum Gasteiger partial charge on any atom is -0.504 e. The monoisotopic (exact) mass is 307 g/mol. The molecule has 1 rings (SSSR count). The normalized spacial score (nSPS) is 9.79. The summed E-state index contributed by atoms with van der Waals surface area (Å²) in [6.45, 7) is 0. The van der Waals surface area contributed by atoms with Gasteiger partial charge in [0.1, 0.15) is 0 Å². The molecule has 74 valence electrons. The fraction of sp³-hybridized carbons (Fsp3) is 0. The average Bonchev–Trinajstić information content (AvgIpc) is 2.10. The summed E-state index contributed by atoms with van der Waals surface area (Å²) in [5.74, 6) is -2.15. The van der Waals surface area contributed by atoms with Crippen molar-refractivity contribution in [1.29, 1.82) is 0 Å². The van der Waals surface area contributed by atoms with Crippen LogP contribution in [0.25, 0.3) is 0 Å². The maximum absolute atomic E-state index is 10.9. The molecule has 0 saturated heterocycles. The quantitative estimate of drug-likeness (QED) is 0.423. The van der Waals surface area contributed by atoms with E-state index in [0.717, 1.165) is 0 Å². The van der Waals surface area contributed by atoms with Crippen molar-refractivity contribution in [3.05, 3.63) is 20.8 Å². The topological polar surface area (TPSA) is 101 Å². The summed E-state index contributed by atoms with van der Waals surface area (Å²) in [6.07, 6.45) is 0.377. The Morgan fingerprint density at radius 3 is 2.43 bits per heavy atom. The summed E-state index contributed by atoms with van der Waals surface area (Å²) in [5.41, 5.74) is 4.70. The fourth-order valence-electron chi connectivity index (χ4n) is 0.970. The van der Waals surface area contributed by atoms with Crippen molar-refractivity contribution in [3.8, 4) is 11.5 Å². The molecule has 0 aliphatic heterocycles. The molecule has 0 bridgehead atoms. The largest absolute Gasteiger partial charge is 0.504 e. The molecule has 5 nitrogen and oxygen atoms in total. The van der Waals surface area contributed by atoms with Gasteiger partial charge in [0.2, 0.25) is 0 Å². The third-order valence-electron chi connectivity index (χ3n) is 1.63. The molecule has 1 amide bonds. The standard InChI is InChI=1S/C8H6INO4/c9-4-1-3(2-11)6(12)7(13)5(4)8(10)14/h1-2,12-13H,(H2,10,14). The van der Waals surface area contributed by atoms with Crippen molar-refractivity contribution in [2.45, 2.75) is 0 Å². The number of amides is 1. The molecular weight excluding hydrogens is 301 g/mol. The summed E-state index contributed by atoms with van der Waals surface area (Å²) in [5, 5.41) is 18.6. The van der Waals surface area contributed by atoms with Crippen LogP contribution in [0.1, 0.15) is 20.7 Å². The van der Waals surface area contributed by atoms with E-state index in [0.29, 0.717) is 9.86 Å². The van der Waals surface area contributed by atoms with Crippen LogP contribution < -0.4 is 5.73 Å². The lowest BCUT2D eigenvalue weighted by atomic mass is 10.1. The van der Waals surface area contributed by atoms with Crippen molar-refractivity contribution in [2.75, 3.05) is 0 Å². The van der Waals surface area contributed by atoms with Gasteiger partial charge in [-0.15, -0.1) is 0 Å². The number of halogens is 1. The van der Waals surface area contributed by atoms with Gasteiger partial charge < -0.3 is 15.9 Å². The lowest BCUT2D eigenvalue weighted by molar-refractivity contribution is 0.0994. The summed E-state index contributed by atoms with van der Waals surface area (Å²) >= 11 is 1.74. The van der Waals surface area contributed by atoms with Crippen LogP contribution in [0.3, 0.4) is 0 Å². The van der Waals surface area contributed by atoms with Crippen molar-refractivity contribution in [2.24, 2.45) is 5.73 Å². The smallest absolute Gasteiger partial charge is 0.253 e. The Labute approximate surface area is 92.7 Å². The summed E-state index contributed by atoms with van der Waals surface area (Å²) in [6, 6.07) is 1.27. The molecular formula is C8H6INO4. The Bertz CT molecular complexity index is 416. The predicted molar refractivity (Wildman–Crippen MR) is 56.4 cm³/mol. The summed E-state index contributed by atoms with van der Waals surface area (Å²) in [4.78, 5) is 21.3. The lowest BCUT2D eigenvalue weighted by Gasteiger charge is -2.07. The van der Waals surface area contributed by atoms with Crippen LogP contribution in [-0.4, -0.2) is 22.4 Å². The predicted octanol–water partition coefficient (Wildman–Crippen LogP) is 0.614. The number of benzene rings is 1. The second-order valence-electron chi connectivity index (χ2n) is 2.50. The van der Waals surface area contributed by atoms with Crippen LogP contribution in [0.15, 0.2) is 6.07 Å². The molecule has 0 atom stereocenters. The first-order valence-corrected chi connectivity index (χ1v) is 4.56. The van der Waals surface area contributed by atoms with E-state index in [-0.39, 0.29) is 11.1 Å². The third kappa shape index (κ3) is 1.65. The van der Waals surface area contributed by atoms with Crippen molar-refractivity contribution >= 4 is 34.8 Å². The fourth-order valence-corrected chi connectivity index (χ4v) is 1.83. The third-order valence-corrected chi connectivity index (χ3v) is 2.48. The number of nitrogens with two attached hydrogens (primary N) is 1. The van der Waals surface area contributed by atoms with Gasteiger partial charge in [0.25, 0.3) is 5.91 Å². The molecule has 0 fully saturated rings. The maximum atomic E-state index is 10.9. The van der Waals surface area contributed by atoms with E-state index < -0.39 is 17.4 Å². The minimum atomic E-state index is -0.861. The number of hydrogen-bond acceptors (Lipinski definition) is 4. The highest BCUT2D eigenvalue weighted by Crippen LogP contribution is 2.34. The Hall–Kier alpha value is -1.31. The Morgan fingerprint density at radius 2 is 2.00 bits per heavy atom. The molecule has 14 heavy (non-hydrogen) atoms. The number of hydrogen-bond donors (Lipinski definition) is 3. The van der Waals surface area contributed by atoms with Crippen LogP contribution >= 0.6 is 22.6 Å². The Balaban J connectivity index is 3.56. The highest BCUT2D eigenvalue weighted by molar-refractivity contribution is 14.1. The lowest BCUT2D eigenvalue weighted by Crippen LogP contribution is -2.13. The van der Waals surface area contributed by atoms with E-state index in [9.17, 15) is 19.8 Å². The van der Waals surface area contributed by atoms with E-state index in [4.69, 9.17) is 5.73 Å². The van der Waals surface area contributed by atoms with Crippen LogP contribution in [0.2, 0.25) is 0 Å². The average molecular weight is 307 g/mol. The van der Waals surface area contributed by atoms with Gasteiger partial charge in [-0.3, -0.25) is 9.59 Å². The van der Waals surface area contributed by atoms with Gasteiger partial charge in [0.05, 0.1) is 11.1 Å². The van der Waals surface area contributed by atoms with E-state index in [2.05, 4.69) is 0 Å². The minimum absolute atomic E-state index is 0.0862. The van der Waals surface area contributed by atoms with Gasteiger partial charge >= 0.3 is 0 Å². The summed E-state index contributed by atoms with van der Waals surface area (Å²) in [7, 11) is 0. The number of carbonyl (C=O) groups is 2. The number of phenols is 2. The van der Waals surface area contributed by atoms with Crippen molar-refractivity contribution in [3.63, 3.8) is 0 Å². The Kier molecular flexibility index (Phi) is 2.94. The molecule has 0 unspecified atom stereocenters. The zero-order valence-corrected chi connectivity index (χ0v) is 8.98. The highest BCUT2D eigenvalue weighted by Gasteiger charge is 2.19. The molecule has 1 aromatic rings. The van der Waals surface area contributed by atoms with Gasteiger partial charge in [-0.1, -0.05) is 0 Å². The molecule has 0 heterocycles. The van der Waals surface area contributed by atoms with E-state index in [1.165, 1.54) is 6.07 Å². The molecule has 0 spiro atoms. The first kappa shape index (κ1) is 10.8. The number of rotatable bonds is 2. The molecule has 0 aromatic heterocycles. The second kappa shape index (κ2) is 3.82. The highest BCUT2D eigenvalue weighted by atomic mass is 127. The van der Waals surface area contributed by atoms with Crippen LogP contribution in [0, 0.1) is 3.57 Å². The maximum Gasteiger partial charge on any atom is 0.253 e. The molecule has 6 heteroatoms.